The van der Waals surface area contributed by atoms with E-state index in [1.807, 2.05) is 24.3 Å². The number of amides is 2. The molecule has 0 unspecified atom stereocenters. The first-order valence-corrected chi connectivity index (χ1v) is 10.5. The van der Waals surface area contributed by atoms with Gasteiger partial charge in [-0.05, 0) is 50.0 Å². The van der Waals surface area contributed by atoms with Gasteiger partial charge < -0.3 is 10.6 Å². The van der Waals surface area contributed by atoms with E-state index >= 15 is 0 Å². The summed E-state index contributed by atoms with van der Waals surface area (Å²) in [5.41, 5.74) is 0. The first kappa shape index (κ1) is 17.8. The maximum atomic E-state index is 12.4. The number of hydrogen-bond acceptors (Lipinski definition) is 3. The minimum atomic E-state index is -0.293. The second-order valence-electron chi connectivity index (χ2n) is 7.62. The number of halogens is 1. The Morgan fingerprint density at radius 2 is 2.08 bits per heavy atom. The molecule has 2 aliphatic carbocycles. The van der Waals surface area contributed by atoms with Crippen molar-refractivity contribution in [1.82, 2.24) is 10.6 Å². The lowest BCUT2D eigenvalue weighted by Gasteiger charge is -2.28. The van der Waals surface area contributed by atoms with Crippen molar-refractivity contribution < 1.29 is 9.59 Å². The molecule has 1 heterocycles. The fraction of sp³-hybridized carbons (Fsp3) is 0.500. The van der Waals surface area contributed by atoms with Crippen molar-refractivity contribution in [2.24, 2.45) is 17.8 Å². The van der Waals surface area contributed by atoms with Crippen LogP contribution >= 0.6 is 22.9 Å². The molecule has 4 nitrogen and oxygen atoms in total. The molecular weight excluding hydrogens is 368 g/mol. The monoisotopic (exact) mass is 390 g/mol. The zero-order chi connectivity index (χ0) is 18.3. The quantitative estimate of drug-likeness (QED) is 0.802. The van der Waals surface area contributed by atoms with E-state index in [-0.39, 0.29) is 24.4 Å². The molecule has 2 aromatic rings. The fourth-order valence-corrected chi connectivity index (χ4v) is 6.15. The summed E-state index contributed by atoms with van der Waals surface area (Å²) in [6, 6.07) is 7.82. The third-order valence-electron chi connectivity index (χ3n) is 5.97. The summed E-state index contributed by atoms with van der Waals surface area (Å²) in [6.45, 7) is 2.07. The minimum absolute atomic E-state index is 0.0193. The Labute approximate surface area is 162 Å². The van der Waals surface area contributed by atoms with Crippen LogP contribution in [0.3, 0.4) is 0 Å². The first-order valence-electron chi connectivity index (χ1n) is 9.27. The van der Waals surface area contributed by atoms with Crippen LogP contribution in [0.5, 0.6) is 0 Å². The molecule has 1 aromatic carbocycles. The molecule has 0 spiro atoms. The van der Waals surface area contributed by atoms with Gasteiger partial charge in [-0.3, -0.25) is 9.59 Å². The van der Waals surface area contributed by atoms with Crippen molar-refractivity contribution in [3.63, 3.8) is 0 Å². The van der Waals surface area contributed by atoms with Gasteiger partial charge in [-0.2, -0.15) is 0 Å². The van der Waals surface area contributed by atoms with Crippen molar-refractivity contribution in [2.75, 3.05) is 6.54 Å². The van der Waals surface area contributed by atoms with E-state index in [0.717, 1.165) is 21.9 Å². The predicted molar refractivity (Wildman–Crippen MR) is 106 cm³/mol. The maximum Gasteiger partial charge on any atom is 0.263 e. The predicted octanol–water partition coefficient (Wildman–Crippen LogP) is 4.23. The SMILES string of the molecule is C[C@H](NC(=O)CNC(=O)c1sc2ccccc2c1Cl)[C@H]1C[C@@H]2CC[C@@H]1C2. The summed E-state index contributed by atoms with van der Waals surface area (Å²) in [5, 5.41) is 7.11. The van der Waals surface area contributed by atoms with Crippen molar-refractivity contribution in [1.29, 1.82) is 0 Å². The van der Waals surface area contributed by atoms with Gasteiger partial charge in [-0.1, -0.05) is 36.2 Å². The lowest BCUT2D eigenvalue weighted by molar-refractivity contribution is -0.121. The Morgan fingerprint density at radius 1 is 1.27 bits per heavy atom. The van der Waals surface area contributed by atoms with Crippen LogP contribution in [0.15, 0.2) is 24.3 Å². The molecule has 2 bridgehead atoms. The van der Waals surface area contributed by atoms with Crippen molar-refractivity contribution in [2.45, 2.75) is 38.6 Å². The molecule has 4 atom stereocenters. The zero-order valence-electron chi connectivity index (χ0n) is 14.8. The fourth-order valence-electron chi connectivity index (χ4n) is 4.72. The van der Waals surface area contributed by atoms with Crippen LogP contribution in [0.4, 0.5) is 0 Å². The molecule has 26 heavy (non-hydrogen) atoms. The number of nitrogens with one attached hydrogen (secondary N) is 2. The number of rotatable bonds is 5. The van der Waals surface area contributed by atoms with Gasteiger partial charge in [0, 0.05) is 16.1 Å². The molecular formula is C20H23ClN2O2S. The Hall–Kier alpha value is -1.59. The minimum Gasteiger partial charge on any atom is -0.352 e. The summed E-state index contributed by atoms with van der Waals surface area (Å²) in [4.78, 5) is 25.1. The smallest absolute Gasteiger partial charge is 0.263 e. The van der Waals surface area contributed by atoms with E-state index in [1.165, 1.54) is 37.0 Å². The number of benzene rings is 1. The second-order valence-corrected chi connectivity index (χ2v) is 9.05. The van der Waals surface area contributed by atoms with Crippen LogP contribution in [-0.4, -0.2) is 24.4 Å². The topological polar surface area (TPSA) is 58.2 Å². The average molecular weight is 391 g/mol. The second kappa shape index (κ2) is 7.20. The number of carbonyl (C=O) groups excluding carboxylic acids is 2. The average Bonchev–Trinajstić information content (AvgIpc) is 3.34. The largest absolute Gasteiger partial charge is 0.352 e. The third kappa shape index (κ3) is 3.35. The summed E-state index contributed by atoms with van der Waals surface area (Å²) in [5.74, 6) is 1.79. The molecule has 2 fully saturated rings. The Kier molecular flexibility index (Phi) is 4.93. The molecule has 0 radical (unpaired) electrons. The Morgan fingerprint density at radius 3 is 2.77 bits per heavy atom. The number of thiophene rings is 1. The summed E-state index contributed by atoms with van der Waals surface area (Å²) in [7, 11) is 0. The van der Waals surface area contributed by atoms with Gasteiger partial charge in [0.2, 0.25) is 5.91 Å². The van der Waals surface area contributed by atoms with E-state index in [1.54, 1.807) is 0 Å². The third-order valence-corrected chi connectivity index (χ3v) is 7.65. The van der Waals surface area contributed by atoms with E-state index in [2.05, 4.69) is 17.6 Å². The molecule has 2 saturated carbocycles. The molecule has 2 N–H and O–H groups in total. The molecule has 1 aromatic heterocycles. The van der Waals surface area contributed by atoms with Gasteiger partial charge in [0.15, 0.2) is 0 Å². The van der Waals surface area contributed by atoms with Crippen molar-refractivity contribution in [3.05, 3.63) is 34.2 Å². The zero-order valence-corrected chi connectivity index (χ0v) is 16.3. The van der Waals surface area contributed by atoms with Crippen LogP contribution in [0.1, 0.15) is 42.3 Å². The molecule has 4 rings (SSSR count). The lowest BCUT2D eigenvalue weighted by atomic mass is 9.84. The number of fused-ring (bicyclic) bond motifs is 3. The van der Waals surface area contributed by atoms with Crippen LogP contribution in [0, 0.1) is 17.8 Å². The molecule has 6 heteroatoms. The number of hydrogen-bond donors (Lipinski definition) is 2. The van der Waals surface area contributed by atoms with Crippen molar-refractivity contribution >= 4 is 44.8 Å². The van der Waals surface area contributed by atoms with Crippen molar-refractivity contribution in [3.8, 4) is 0 Å². The van der Waals surface area contributed by atoms with Crippen LogP contribution in [0.25, 0.3) is 10.1 Å². The normalized spacial score (nSPS) is 25.4. The highest BCUT2D eigenvalue weighted by Gasteiger charge is 2.42. The van der Waals surface area contributed by atoms with E-state index in [4.69, 9.17) is 11.6 Å². The van der Waals surface area contributed by atoms with Crippen LogP contribution in [0.2, 0.25) is 5.02 Å². The van der Waals surface area contributed by atoms with Gasteiger partial charge in [0.25, 0.3) is 5.91 Å². The lowest BCUT2D eigenvalue weighted by Crippen LogP contribution is -2.44. The first-order chi connectivity index (χ1) is 12.5. The molecule has 2 aliphatic rings. The van der Waals surface area contributed by atoms with Crippen LogP contribution in [-0.2, 0) is 4.79 Å². The molecule has 2 amide bonds. The summed E-state index contributed by atoms with van der Waals surface area (Å²) >= 11 is 7.67. The van der Waals surface area contributed by atoms with Gasteiger partial charge in [0.1, 0.15) is 4.88 Å². The van der Waals surface area contributed by atoms with Gasteiger partial charge in [0.05, 0.1) is 11.6 Å². The van der Waals surface area contributed by atoms with Gasteiger partial charge >= 0.3 is 0 Å². The Bertz CT molecular complexity index is 849. The molecule has 138 valence electrons. The van der Waals surface area contributed by atoms with E-state index in [0.29, 0.717) is 15.8 Å². The highest BCUT2D eigenvalue weighted by molar-refractivity contribution is 7.21. The van der Waals surface area contributed by atoms with E-state index < -0.39 is 0 Å². The van der Waals surface area contributed by atoms with Gasteiger partial charge in [-0.25, -0.2) is 0 Å². The highest BCUT2D eigenvalue weighted by atomic mass is 35.5. The highest BCUT2D eigenvalue weighted by Crippen LogP contribution is 2.49. The van der Waals surface area contributed by atoms with E-state index in [9.17, 15) is 9.59 Å². The standard InChI is InChI=1S/C20H23ClN2O2S/c1-11(15-9-12-6-7-13(15)8-12)23-17(24)10-22-20(25)19-18(21)14-4-2-3-5-16(14)26-19/h2-5,11-13,15H,6-10H2,1H3,(H,22,25)(H,23,24)/t11-,12+,13+,15+/m0/s1. The Balaban J connectivity index is 1.32. The molecule has 0 aliphatic heterocycles. The van der Waals surface area contributed by atoms with Gasteiger partial charge in [-0.15, -0.1) is 11.3 Å². The molecule has 0 saturated heterocycles. The maximum absolute atomic E-state index is 12.4. The summed E-state index contributed by atoms with van der Waals surface area (Å²) in [6.07, 6.45) is 5.21. The van der Waals surface area contributed by atoms with Crippen LogP contribution < -0.4 is 10.6 Å². The number of carbonyl (C=O) groups is 2. The summed E-state index contributed by atoms with van der Waals surface area (Å²) < 4.78 is 0.969.